The van der Waals surface area contributed by atoms with E-state index >= 15 is 0 Å². The molecular formula is C9H3F13O5. The second kappa shape index (κ2) is 7.30. The molecule has 0 atom stereocenters. The van der Waals surface area contributed by atoms with E-state index in [9.17, 15) is 62.1 Å². The summed E-state index contributed by atoms with van der Waals surface area (Å²) in [7, 11) is 0. The average molecular weight is 438 g/mol. The fourth-order valence-electron chi connectivity index (χ4n) is 1.01. The van der Waals surface area contributed by atoms with Gasteiger partial charge in [0, 0.05) is 6.08 Å². The van der Waals surface area contributed by atoms with Crippen LogP contribution in [0.4, 0.5) is 57.3 Å². The normalized spacial score (nSPS) is 14.9. The predicted octanol–water partition coefficient (Wildman–Crippen LogP) is 4.21. The van der Waals surface area contributed by atoms with Gasteiger partial charge in [-0.1, -0.05) is 6.58 Å². The molecule has 0 aromatic rings. The number of ether oxygens (including phenoxy) is 2. The highest BCUT2D eigenvalue weighted by atomic mass is 19.4. The minimum absolute atomic E-state index is 0.242. The van der Waals surface area contributed by atoms with Crippen molar-refractivity contribution in [3.05, 3.63) is 12.7 Å². The fourth-order valence-corrected chi connectivity index (χ4v) is 1.01. The van der Waals surface area contributed by atoms with Gasteiger partial charge in [0.1, 0.15) is 0 Å². The van der Waals surface area contributed by atoms with Gasteiger partial charge < -0.3 is 4.74 Å². The number of rotatable bonds is 9. The molecule has 0 aromatic heterocycles. The first-order valence-electron chi connectivity index (χ1n) is 5.51. The molecule has 0 unspecified atom stereocenters. The summed E-state index contributed by atoms with van der Waals surface area (Å²) in [6, 6.07) is 0. The zero-order chi connectivity index (χ0) is 22.1. The van der Waals surface area contributed by atoms with Crippen molar-refractivity contribution in [1.29, 1.82) is 0 Å². The molecule has 0 saturated carbocycles. The molecule has 0 N–H and O–H groups in total. The Hall–Kier alpha value is -1.82. The number of carbonyl (C=O) groups is 1. The van der Waals surface area contributed by atoms with Crippen LogP contribution in [0.2, 0.25) is 0 Å². The average Bonchev–Trinajstić information content (AvgIpc) is 2.49. The molecule has 0 rings (SSSR count). The molecule has 0 amide bonds. The summed E-state index contributed by atoms with van der Waals surface area (Å²) in [4.78, 5) is 14.3. The lowest BCUT2D eigenvalue weighted by molar-refractivity contribution is -0.588. The molecular weight excluding hydrogens is 435 g/mol. The summed E-state index contributed by atoms with van der Waals surface area (Å²) < 4.78 is 168. The van der Waals surface area contributed by atoms with Crippen LogP contribution < -0.4 is 0 Å². The van der Waals surface area contributed by atoms with E-state index < -0.39 is 42.2 Å². The van der Waals surface area contributed by atoms with E-state index in [1.54, 1.807) is 0 Å². The van der Waals surface area contributed by atoms with Crippen molar-refractivity contribution in [2.24, 2.45) is 0 Å². The SMILES string of the molecule is C=CC(=O)OC(OF)(OF)C(F)(F)C(F)(F)OC(F)(F)C(F)(F)C(F)(F)F. The van der Waals surface area contributed by atoms with Crippen molar-refractivity contribution in [3.8, 4) is 0 Å². The molecule has 0 aliphatic rings. The smallest absolute Gasteiger partial charge is 0.396 e. The number of hydrogen-bond donors (Lipinski definition) is 0. The Morgan fingerprint density at radius 1 is 0.741 bits per heavy atom. The standard InChI is InChI=1S/C9H3F13O5/c1-2-3(23)24-9(26-21,27-22)5(12,13)8(19,20)25-7(17,18)4(10,11)6(14,15)16/h2H,1H2. The highest BCUT2D eigenvalue weighted by Crippen LogP contribution is 2.54. The summed E-state index contributed by atoms with van der Waals surface area (Å²) in [5, 5.41) is 0. The molecule has 0 bridgehead atoms. The summed E-state index contributed by atoms with van der Waals surface area (Å²) in [6.45, 7) is 2.44. The van der Waals surface area contributed by atoms with Crippen LogP contribution in [0.1, 0.15) is 0 Å². The topological polar surface area (TPSA) is 54.0 Å². The number of hydrogen-bond acceptors (Lipinski definition) is 5. The fraction of sp³-hybridized carbons (Fsp3) is 0.667. The Morgan fingerprint density at radius 2 is 1.11 bits per heavy atom. The second-order valence-corrected chi connectivity index (χ2v) is 4.12. The first kappa shape index (κ1) is 25.2. The van der Waals surface area contributed by atoms with Crippen LogP contribution in [0.3, 0.4) is 0 Å². The molecule has 5 nitrogen and oxygen atoms in total. The summed E-state index contributed by atoms with van der Waals surface area (Å²) in [5.41, 5.74) is 0. The molecule has 0 aromatic carbocycles. The Balaban J connectivity index is 6.15. The third-order valence-electron chi connectivity index (χ3n) is 2.33. The van der Waals surface area contributed by atoms with E-state index in [-0.39, 0.29) is 6.08 Å². The van der Waals surface area contributed by atoms with E-state index in [1.165, 1.54) is 4.74 Å². The van der Waals surface area contributed by atoms with E-state index in [1.807, 2.05) is 9.88 Å². The minimum atomic E-state index is -7.49. The van der Waals surface area contributed by atoms with Crippen LogP contribution >= 0.6 is 0 Å². The summed E-state index contributed by atoms with van der Waals surface area (Å²) >= 11 is 0. The Kier molecular flexibility index (Phi) is 6.81. The van der Waals surface area contributed by atoms with Crippen molar-refractivity contribution in [2.45, 2.75) is 36.2 Å². The van der Waals surface area contributed by atoms with Crippen molar-refractivity contribution in [2.75, 3.05) is 0 Å². The molecule has 0 fully saturated rings. The van der Waals surface area contributed by atoms with Crippen LogP contribution in [0.15, 0.2) is 12.7 Å². The molecule has 27 heavy (non-hydrogen) atoms. The predicted molar refractivity (Wildman–Crippen MR) is 50.3 cm³/mol. The van der Waals surface area contributed by atoms with Gasteiger partial charge in [-0.2, -0.15) is 48.3 Å². The zero-order valence-corrected chi connectivity index (χ0v) is 11.7. The van der Waals surface area contributed by atoms with Gasteiger partial charge in [-0.25, -0.2) is 9.53 Å². The quantitative estimate of drug-likeness (QED) is 0.234. The van der Waals surface area contributed by atoms with E-state index in [0.717, 1.165) is 0 Å². The number of esters is 1. The maximum absolute atomic E-state index is 13.5. The van der Waals surface area contributed by atoms with E-state index in [4.69, 9.17) is 0 Å². The molecule has 18 heteroatoms. The van der Waals surface area contributed by atoms with Gasteiger partial charge in [-0.3, -0.25) is 0 Å². The zero-order valence-electron chi connectivity index (χ0n) is 11.7. The molecule has 0 heterocycles. The number of carbonyl (C=O) groups excluding carboxylic acids is 1. The molecule has 0 saturated heterocycles. The summed E-state index contributed by atoms with van der Waals surface area (Å²) in [6.07, 6.45) is -22.3. The lowest BCUT2D eigenvalue weighted by atomic mass is 10.2. The van der Waals surface area contributed by atoms with Crippen LogP contribution in [0.25, 0.3) is 0 Å². The van der Waals surface area contributed by atoms with Crippen molar-refractivity contribution in [1.82, 2.24) is 0 Å². The van der Waals surface area contributed by atoms with Crippen LogP contribution in [-0.2, 0) is 24.2 Å². The van der Waals surface area contributed by atoms with Crippen molar-refractivity contribution in [3.63, 3.8) is 0 Å². The van der Waals surface area contributed by atoms with Gasteiger partial charge in [-0.05, 0) is 9.05 Å². The lowest BCUT2D eigenvalue weighted by Crippen LogP contribution is -2.66. The number of halogens is 13. The van der Waals surface area contributed by atoms with Gasteiger partial charge in [0.2, 0.25) is 0 Å². The van der Waals surface area contributed by atoms with E-state index in [2.05, 4.69) is 11.3 Å². The van der Waals surface area contributed by atoms with E-state index in [0.29, 0.717) is 0 Å². The van der Waals surface area contributed by atoms with Gasteiger partial charge in [-0.15, -0.1) is 9.88 Å². The molecule has 160 valence electrons. The lowest BCUT2D eigenvalue weighted by Gasteiger charge is -2.37. The maximum atomic E-state index is 13.5. The van der Waals surface area contributed by atoms with Gasteiger partial charge in [0.05, 0.1) is 0 Å². The van der Waals surface area contributed by atoms with Crippen molar-refractivity contribution >= 4 is 5.97 Å². The van der Waals surface area contributed by atoms with Gasteiger partial charge >= 0.3 is 42.2 Å². The second-order valence-electron chi connectivity index (χ2n) is 4.12. The molecule has 0 aliphatic carbocycles. The Morgan fingerprint density at radius 3 is 1.41 bits per heavy atom. The third kappa shape index (κ3) is 4.21. The van der Waals surface area contributed by atoms with Gasteiger partial charge in [0.15, 0.2) is 0 Å². The van der Waals surface area contributed by atoms with Crippen LogP contribution in [0, 0.1) is 0 Å². The highest BCUT2D eigenvalue weighted by Gasteiger charge is 2.84. The maximum Gasteiger partial charge on any atom is 0.467 e. The number of alkyl halides is 11. The third-order valence-corrected chi connectivity index (χ3v) is 2.33. The highest BCUT2D eigenvalue weighted by molar-refractivity contribution is 5.81. The first-order valence-corrected chi connectivity index (χ1v) is 5.51. The minimum Gasteiger partial charge on any atom is -0.396 e. The Labute approximate surface area is 138 Å². The van der Waals surface area contributed by atoms with Crippen LogP contribution in [-0.4, -0.2) is 42.2 Å². The largest absolute Gasteiger partial charge is 0.467 e. The van der Waals surface area contributed by atoms with Gasteiger partial charge in [0.25, 0.3) is 0 Å². The van der Waals surface area contributed by atoms with Crippen LogP contribution in [0.5, 0.6) is 0 Å². The molecule has 0 spiro atoms. The van der Waals surface area contributed by atoms with Crippen molar-refractivity contribution < 1.29 is 81.5 Å². The Bertz CT molecular complexity index is 553. The summed E-state index contributed by atoms with van der Waals surface area (Å²) in [5.74, 6) is -23.0. The molecule has 0 radical (unpaired) electrons. The monoisotopic (exact) mass is 438 g/mol. The first-order chi connectivity index (χ1) is 11.8. The molecule has 0 aliphatic heterocycles.